The molecule has 0 amide bonds. The van der Waals surface area contributed by atoms with Crippen LogP contribution in [0.3, 0.4) is 0 Å². The summed E-state index contributed by atoms with van der Waals surface area (Å²) >= 11 is 0. The topological polar surface area (TPSA) is 21.9 Å². The number of imidazole rings is 1. The molecule has 1 unspecified atom stereocenters. The average molecular weight is 791 g/mol. The highest BCUT2D eigenvalue weighted by atomic mass is 16.5. The molecule has 12 rings (SSSR count). The number of aromatic nitrogens is 3. The summed E-state index contributed by atoms with van der Waals surface area (Å²) in [5, 5.41) is 0. The van der Waals surface area contributed by atoms with E-state index >= 15 is 0 Å². The molecular formula is C57H47N3O+2. The first kappa shape index (κ1) is 34.8. The first-order valence-electron chi connectivity index (χ1n) is 21.9. The van der Waals surface area contributed by atoms with Crippen LogP contribution in [-0.2, 0) is 11.3 Å². The van der Waals surface area contributed by atoms with Gasteiger partial charge in [0, 0.05) is 30.2 Å². The lowest BCUT2D eigenvalue weighted by molar-refractivity contribution is -0.997. The Morgan fingerprint density at radius 1 is 0.607 bits per heavy atom. The molecule has 1 atom stereocenters. The number of nitrogens with zero attached hydrogens (tertiary/aromatic N) is 3. The number of hydrogen-bond donors (Lipinski definition) is 0. The van der Waals surface area contributed by atoms with Gasteiger partial charge in [-0.3, -0.25) is 0 Å². The van der Waals surface area contributed by atoms with Crippen LogP contribution in [-0.4, -0.2) is 4.57 Å². The van der Waals surface area contributed by atoms with E-state index in [0.29, 0.717) is 0 Å². The minimum absolute atomic E-state index is 0.110. The first-order chi connectivity index (χ1) is 29.9. The van der Waals surface area contributed by atoms with Crippen molar-refractivity contribution in [2.24, 2.45) is 0 Å². The summed E-state index contributed by atoms with van der Waals surface area (Å²) in [5.74, 6) is 0.182. The molecule has 5 heterocycles. The molecule has 0 fully saturated rings. The molecule has 294 valence electrons. The lowest BCUT2D eigenvalue weighted by Gasteiger charge is -2.33. The molecule has 61 heavy (non-hydrogen) atoms. The largest absolute Gasteiger partial charge is 0.499 e. The Kier molecular flexibility index (Phi) is 7.26. The highest BCUT2D eigenvalue weighted by Crippen LogP contribution is 2.54. The van der Waals surface area contributed by atoms with Crippen LogP contribution in [0, 0.1) is 6.92 Å². The first-order valence-corrected chi connectivity index (χ1v) is 21.4. The van der Waals surface area contributed by atoms with Gasteiger partial charge in [-0.1, -0.05) is 138 Å². The van der Waals surface area contributed by atoms with Crippen molar-refractivity contribution in [2.45, 2.75) is 58.7 Å². The fourth-order valence-electron chi connectivity index (χ4n) is 10.3. The predicted octanol–water partition coefficient (Wildman–Crippen LogP) is 13.2. The average Bonchev–Trinajstić information content (AvgIpc) is 3.77. The molecule has 4 heteroatoms. The van der Waals surface area contributed by atoms with Gasteiger partial charge in [0.15, 0.2) is 17.2 Å². The third kappa shape index (κ3) is 4.99. The maximum Gasteiger partial charge on any atom is 0.499 e. The van der Waals surface area contributed by atoms with E-state index in [1.807, 2.05) is 13.8 Å². The third-order valence-corrected chi connectivity index (χ3v) is 13.3. The lowest BCUT2D eigenvalue weighted by atomic mass is 9.80. The van der Waals surface area contributed by atoms with Crippen LogP contribution in [0.25, 0.3) is 83.9 Å². The highest BCUT2D eigenvalue weighted by Gasteiger charge is 2.68. The van der Waals surface area contributed by atoms with Crippen LogP contribution in [0.1, 0.15) is 64.1 Å². The fourth-order valence-corrected chi connectivity index (χ4v) is 10.3. The molecule has 9 aromatic rings. The quantitative estimate of drug-likeness (QED) is 0.159. The summed E-state index contributed by atoms with van der Waals surface area (Å²) in [6.45, 7) is 13.0. The number of fused-ring (bicyclic) bond motifs is 5. The van der Waals surface area contributed by atoms with Gasteiger partial charge in [0.2, 0.25) is 5.69 Å². The number of ether oxygens (including phenoxy) is 1. The normalized spacial score (nSPS) is 15.8. The molecule has 1 spiro atoms. The van der Waals surface area contributed by atoms with Gasteiger partial charge in [0.05, 0.1) is 5.56 Å². The molecule has 2 aromatic heterocycles. The Morgan fingerprint density at radius 3 is 2.00 bits per heavy atom. The zero-order chi connectivity index (χ0) is 42.3. The Bertz CT molecular complexity index is 3330. The van der Waals surface area contributed by atoms with Crippen molar-refractivity contribution in [3.63, 3.8) is 0 Å². The van der Waals surface area contributed by atoms with Crippen molar-refractivity contribution in [2.75, 3.05) is 0 Å². The Morgan fingerprint density at radius 2 is 1.28 bits per heavy atom. The summed E-state index contributed by atoms with van der Waals surface area (Å²) in [6.07, 6.45) is 2.24. The minimum atomic E-state index is -1.06. The van der Waals surface area contributed by atoms with E-state index in [9.17, 15) is 0 Å². The van der Waals surface area contributed by atoms with E-state index in [4.69, 9.17) is 6.11 Å². The molecule has 0 saturated heterocycles. The highest BCUT2D eigenvalue weighted by molar-refractivity contribution is 5.99. The van der Waals surface area contributed by atoms with Crippen LogP contribution in [0.15, 0.2) is 170 Å². The van der Waals surface area contributed by atoms with Crippen molar-refractivity contribution in [1.82, 2.24) is 4.57 Å². The standard InChI is InChI=1S/C57H47N3O/c1-35(2)37-24-26-38(27-25-37)41-28-29-58-50(31-41)48-33-42(56(4,5)6)32-47-43-21-15-22-49-54(43)60-55(44-20-13-14-23-52(44)61-57(58,60)53(47)48)59(49)51-34-45(39-16-9-7-10-17-39)36(3)30-46(51)40-18-11-8-12-19-40/h7-35H,1-6H3/q+2/i35D. The molecule has 3 aliphatic heterocycles. The zero-order valence-electron chi connectivity index (χ0n) is 36.4. The summed E-state index contributed by atoms with van der Waals surface area (Å²) in [4.78, 5) is 0. The SMILES string of the molecule is [2H]C(C)(C)c1ccc(-c2cc[n+]3c(c2)-c2cc(C(C)(C)C)cc4c2C32Oc3ccccc3-c3n(-c5cc(-c6ccccc6)c(C)cc5-c5ccccc5)c5cccc-4c5[n+]32)cc1. The van der Waals surface area contributed by atoms with Crippen LogP contribution >= 0.6 is 0 Å². The summed E-state index contributed by atoms with van der Waals surface area (Å²) < 4.78 is 23.8. The second-order valence-corrected chi connectivity index (χ2v) is 18.2. The number of hydrogen-bond acceptors (Lipinski definition) is 1. The zero-order valence-corrected chi connectivity index (χ0v) is 35.4. The van der Waals surface area contributed by atoms with E-state index in [-0.39, 0.29) is 5.41 Å². The molecule has 7 aromatic carbocycles. The van der Waals surface area contributed by atoms with Gasteiger partial charge in [-0.25, -0.2) is 0 Å². The van der Waals surface area contributed by atoms with E-state index < -0.39 is 11.7 Å². The minimum Gasteiger partial charge on any atom is -0.392 e. The van der Waals surface area contributed by atoms with Crippen molar-refractivity contribution in [1.29, 1.82) is 0 Å². The van der Waals surface area contributed by atoms with Crippen molar-refractivity contribution in [3.05, 3.63) is 192 Å². The van der Waals surface area contributed by atoms with Crippen molar-refractivity contribution in [3.8, 4) is 78.6 Å². The molecule has 0 aliphatic carbocycles. The van der Waals surface area contributed by atoms with Crippen LogP contribution in [0.5, 0.6) is 5.75 Å². The number of aryl methyl sites for hydroxylation is 1. The lowest BCUT2D eigenvalue weighted by Crippen LogP contribution is -2.78. The summed E-state index contributed by atoms with van der Waals surface area (Å²) in [6, 6.07) is 59.7. The third-order valence-electron chi connectivity index (χ3n) is 13.3. The monoisotopic (exact) mass is 790 g/mol. The summed E-state index contributed by atoms with van der Waals surface area (Å²) in [7, 11) is 0. The fraction of sp³-hybridized carbons (Fsp3) is 0.158. The molecule has 3 aliphatic rings. The molecule has 4 nitrogen and oxygen atoms in total. The second-order valence-electron chi connectivity index (χ2n) is 18.2. The van der Waals surface area contributed by atoms with Crippen LogP contribution in [0.2, 0.25) is 0 Å². The van der Waals surface area contributed by atoms with Gasteiger partial charge in [0.1, 0.15) is 22.6 Å². The van der Waals surface area contributed by atoms with Crippen LogP contribution < -0.4 is 13.9 Å². The molecule has 0 N–H and O–H groups in total. The molecule has 0 radical (unpaired) electrons. The van der Waals surface area contributed by atoms with E-state index in [1.54, 1.807) is 0 Å². The van der Waals surface area contributed by atoms with E-state index in [2.05, 4.69) is 211 Å². The van der Waals surface area contributed by atoms with Crippen molar-refractivity contribution < 1.29 is 15.2 Å². The van der Waals surface area contributed by atoms with E-state index in [1.165, 1.54) is 50.1 Å². The van der Waals surface area contributed by atoms with Gasteiger partial charge in [-0.15, -0.1) is 9.13 Å². The summed E-state index contributed by atoms with van der Waals surface area (Å²) in [5.41, 5.74) is 20.6. The molecule has 0 saturated carbocycles. The van der Waals surface area contributed by atoms with Gasteiger partial charge in [0.25, 0.3) is 0 Å². The number of benzene rings is 7. The van der Waals surface area contributed by atoms with Gasteiger partial charge in [-0.2, -0.15) is 4.57 Å². The molecular weight excluding hydrogens is 743 g/mol. The number of rotatable bonds is 5. The number of para-hydroxylation sites is 2. The maximum absolute atomic E-state index is 8.64. The Balaban J connectivity index is 1.22. The Labute approximate surface area is 359 Å². The predicted molar refractivity (Wildman–Crippen MR) is 247 cm³/mol. The number of pyridine rings is 1. The van der Waals surface area contributed by atoms with E-state index in [0.717, 1.165) is 61.8 Å². The van der Waals surface area contributed by atoms with Gasteiger partial charge < -0.3 is 4.74 Å². The van der Waals surface area contributed by atoms with Gasteiger partial charge in [-0.05, 0) is 111 Å². The second kappa shape index (κ2) is 12.7. The molecule has 0 bridgehead atoms. The van der Waals surface area contributed by atoms with Gasteiger partial charge >= 0.3 is 11.7 Å². The smallest absolute Gasteiger partial charge is 0.392 e. The van der Waals surface area contributed by atoms with Crippen LogP contribution in [0.4, 0.5) is 0 Å². The maximum atomic E-state index is 8.64. The van der Waals surface area contributed by atoms with Crippen molar-refractivity contribution >= 4 is 11.0 Å². The Hall–Kier alpha value is -7.04.